The summed E-state index contributed by atoms with van der Waals surface area (Å²) in [5, 5.41) is 11.6. The molecule has 3 atom stereocenters. The smallest absolute Gasteiger partial charge is 0.261 e. The van der Waals surface area contributed by atoms with Crippen LogP contribution < -0.4 is 28.7 Å². The van der Waals surface area contributed by atoms with E-state index in [4.69, 9.17) is 28.9 Å². The maximum atomic E-state index is 13.9. The second-order valence-electron chi connectivity index (χ2n) is 14.9. The van der Waals surface area contributed by atoms with Gasteiger partial charge < -0.3 is 33.9 Å². The number of aliphatic imine (C=N–C) groups is 2. The lowest BCUT2D eigenvalue weighted by molar-refractivity contribution is 0.0986. The van der Waals surface area contributed by atoms with Crippen LogP contribution in [0.4, 0.5) is 22.7 Å². The van der Waals surface area contributed by atoms with Crippen LogP contribution in [0.3, 0.4) is 0 Å². The Kier molecular flexibility index (Phi) is 9.19. The predicted octanol–water partition coefficient (Wildman–Crippen LogP) is 7.35. The Balaban J connectivity index is 0.953. The van der Waals surface area contributed by atoms with E-state index in [1.165, 1.54) is 5.56 Å². The quantitative estimate of drug-likeness (QED) is 0.158. The molecule has 0 saturated carbocycles. The number of benzene rings is 5. The lowest BCUT2D eigenvalue weighted by atomic mass is 10.1. The van der Waals surface area contributed by atoms with Crippen molar-refractivity contribution in [3.05, 3.63) is 130 Å². The molecule has 9 rings (SSSR count). The molecule has 0 aliphatic carbocycles. The van der Waals surface area contributed by atoms with Gasteiger partial charge in [0.05, 0.1) is 43.2 Å². The first-order valence-corrected chi connectivity index (χ1v) is 18.8. The van der Waals surface area contributed by atoms with Crippen LogP contribution in [0.1, 0.15) is 50.0 Å². The Hall–Kier alpha value is -6.17. The minimum absolute atomic E-state index is 0.0536. The molecule has 5 aromatic rings. The molecule has 1 N–H and O–H groups in total. The highest BCUT2D eigenvalue weighted by Gasteiger charge is 2.38. The summed E-state index contributed by atoms with van der Waals surface area (Å²) in [6.07, 6.45) is 4.37. The van der Waals surface area contributed by atoms with Crippen molar-refractivity contribution in [1.82, 2.24) is 4.90 Å². The lowest BCUT2D eigenvalue weighted by Crippen LogP contribution is -2.37. The third-order valence-electron chi connectivity index (χ3n) is 10.8. The molecular formula is C45H43N5O6. The number of rotatable bonds is 10. The number of aliphatic hydroxyl groups is 1. The molecule has 284 valence electrons. The molecule has 0 aromatic heterocycles. The summed E-state index contributed by atoms with van der Waals surface area (Å²) in [6.45, 7) is 1.23. The van der Waals surface area contributed by atoms with E-state index in [1.54, 1.807) is 26.4 Å². The summed E-state index contributed by atoms with van der Waals surface area (Å²) in [5.74, 6) is 1.88. The van der Waals surface area contributed by atoms with Gasteiger partial charge in [0, 0.05) is 60.9 Å². The van der Waals surface area contributed by atoms with Gasteiger partial charge in [0.1, 0.15) is 13.2 Å². The number of nitrogens with zero attached hydrogens (tertiary/aromatic N) is 5. The Bertz CT molecular complexity index is 2410. The number of ether oxygens (including phenoxy) is 4. The molecule has 1 unspecified atom stereocenters. The van der Waals surface area contributed by atoms with Crippen molar-refractivity contribution in [3.63, 3.8) is 0 Å². The van der Waals surface area contributed by atoms with E-state index >= 15 is 0 Å². The standard InChI is InChI=1S/C45H43N5O6/c1-48(2)24-27-13-28(25-55-42-20-36-34(18-40(42)53-3)44(51)49-32(22-46-36)16-30-9-5-7-11-38(30)49)15-29(14-27)26-56-43-21-37-35(19-41(43)54-4)45(52)50-33(23-47-37)17-31-10-6-8-12-39(31)50/h5-15,18-23,32-33,44,51H,16-17,24-26H2,1-4H3/t32-,33-,44?/m0/s1. The third kappa shape index (κ3) is 6.42. The first-order chi connectivity index (χ1) is 27.3. The second kappa shape index (κ2) is 14.5. The van der Waals surface area contributed by atoms with Crippen LogP contribution in [0, 0.1) is 0 Å². The largest absolute Gasteiger partial charge is 0.493 e. The molecule has 0 saturated heterocycles. The van der Waals surface area contributed by atoms with E-state index in [9.17, 15) is 9.90 Å². The molecule has 4 aliphatic rings. The van der Waals surface area contributed by atoms with E-state index in [1.807, 2.05) is 84.9 Å². The van der Waals surface area contributed by atoms with Gasteiger partial charge in [-0.1, -0.05) is 48.5 Å². The maximum Gasteiger partial charge on any atom is 0.261 e. The number of aliphatic hydroxyl groups excluding tert-OH is 1. The molecule has 11 nitrogen and oxygen atoms in total. The van der Waals surface area contributed by atoms with Gasteiger partial charge in [-0.25, -0.2) is 0 Å². The molecule has 0 bridgehead atoms. The van der Waals surface area contributed by atoms with Crippen molar-refractivity contribution in [3.8, 4) is 23.0 Å². The van der Waals surface area contributed by atoms with Gasteiger partial charge in [-0.15, -0.1) is 0 Å². The fourth-order valence-electron chi connectivity index (χ4n) is 8.32. The zero-order valence-electron chi connectivity index (χ0n) is 31.8. The van der Waals surface area contributed by atoms with Gasteiger partial charge in [0.25, 0.3) is 5.91 Å². The molecule has 11 heteroatoms. The predicted molar refractivity (Wildman–Crippen MR) is 217 cm³/mol. The van der Waals surface area contributed by atoms with Crippen LogP contribution in [-0.2, 0) is 32.6 Å². The van der Waals surface area contributed by atoms with Crippen LogP contribution in [0.15, 0.2) is 101 Å². The summed E-state index contributed by atoms with van der Waals surface area (Å²) < 4.78 is 24.4. The van der Waals surface area contributed by atoms with Gasteiger partial charge in [0.2, 0.25) is 0 Å². The van der Waals surface area contributed by atoms with Crippen molar-refractivity contribution in [2.75, 3.05) is 38.1 Å². The summed E-state index contributed by atoms with van der Waals surface area (Å²) in [5.41, 5.74) is 9.55. The van der Waals surface area contributed by atoms with Crippen molar-refractivity contribution in [2.24, 2.45) is 9.98 Å². The average Bonchev–Trinajstić information content (AvgIpc) is 3.69. The van der Waals surface area contributed by atoms with E-state index in [2.05, 4.69) is 35.2 Å². The topological polar surface area (TPSA) is 109 Å². The number of carbonyl (C=O) groups is 1. The summed E-state index contributed by atoms with van der Waals surface area (Å²) in [4.78, 5) is 29.4. The molecule has 56 heavy (non-hydrogen) atoms. The fraction of sp³-hybridized carbons (Fsp3) is 0.267. The highest BCUT2D eigenvalue weighted by atomic mass is 16.5. The first kappa shape index (κ1) is 35.5. The monoisotopic (exact) mass is 749 g/mol. The van der Waals surface area contributed by atoms with Crippen LogP contribution in [0.5, 0.6) is 23.0 Å². The zero-order valence-corrected chi connectivity index (χ0v) is 31.8. The molecule has 5 aromatic carbocycles. The minimum atomic E-state index is -0.894. The molecule has 0 fully saturated rings. The molecular weight excluding hydrogens is 707 g/mol. The normalized spacial score (nSPS) is 18.7. The number of para-hydroxylation sites is 2. The van der Waals surface area contributed by atoms with Gasteiger partial charge >= 0.3 is 0 Å². The Morgan fingerprint density at radius 1 is 0.696 bits per heavy atom. The molecule has 4 heterocycles. The average molecular weight is 750 g/mol. The first-order valence-electron chi connectivity index (χ1n) is 18.8. The summed E-state index contributed by atoms with van der Waals surface area (Å²) >= 11 is 0. The van der Waals surface area contributed by atoms with Crippen molar-refractivity contribution < 1.29 is 28.8 Å². The number of fused-ring (bicyclic) bond motifs is 8. The van der Waals surface area contributed by atoms with E-state index in [-0.39, 0.29) is 31.2 Å². The summed E-state index contributed by atoms with van der Waals surface area (Å²) in [7, 11) is 7.24. The molecule has 1 amide bonds. The number of anilines is 2. The van der Waals surface area contributed by atoms with Crippen LogP contribution in [0.25, 0.3) is 0 Å². The van der Waals surface area contributed by atoms with Gasteiger partial charge in [0.15, 0.2) is 29.2 Å². The number of carbonyl (C=O) groups excluding carboxylic acids is 1. The van der Waals surface area contributed by atoms with Crippen molar-refractivity contribution in [2.45, 2.75) is 50.9 Å². The highest BCUT2D eigenvalue weighted by molar-refractivity contribution is 6.14. The van der Waals surface area contributed by atoms with Crippen molar-refractivity contribution in [1.29, 1.82) is 0 Å². The molecule has 0 spiro atoms. The lowest BCUT2D eigenvalue weighted by Gasteiger charge is -2.29. The minimum Gasteiger partial charge on any atom is -0.493 e. The Labute approximate surface area is 326 Å². The fourth-order valence-corrected chi connectivity index (χ4v) is 8.32. The SMILES string of the molecule is COc1cc2c(cc1OCc1cc(COc3cc4c(cc3OC)C(O)N3c5ccccc5C[C@H]3C=N4)cc(CN(C)C)c1)N=C[C@@H]1Cc3ccccc3N1C2=O. The van der Waals surface area contributed by atoms with Gasteiger partial charge in [-0.05, 0) is 72.2 Å². The maximum absolute atomic E-state index is 13.9. The molecule has 4 aliphatic heterocycles. The zero-order chi connectivity index (χ0) is 38.5. The van der Waals surface area contributed by atoms with E-state index < -0.39 is 6.23 Å². The van der Waals surface area contributed by atoms with Crippen LogP contribution in [0.2, 0.25) is 0 Å². The van der Waals surface area contributed by atoms with Crippen LogP contribution in [-0.4, -0.2) is 68.7 Å². The van der Waals surface area contributed by atoms with Gasteiger partial charge in [-0.2, -0.15) is 0 Å². The van der Waals surface area contributed by atoms with Gasteiger partial charge in [-0.3, -0.25) is 19.7 Å². The van der Waals surface area contributed by atoms with Crippen LogP contribution >= 0.6 is 0 Å². The molecule has 0 radical (unpaired) electrons. The third-order valence-corrected chi connectivity index (χ3v) is 10.8. The van der Waals surface area contributed by atoms with E-state index in [0.717, 1.165) is 53.0 Å². The number of hydrogen-bond donors (Lipinski definition) is 1. The number of methoxy groups -OCH3 is 2. The van der Waals surface area contributed by atoms with E-state index in [0.29, 0.717) is 45.5 Å². The highest BCUT2D eigenvalue weighted by Crippen LogP contribution is 2.46. The number of hydrogen-bond acceptors (Lipinski definition) is 10. The summed E-state index contributed by atoms with van der Waals surface area (Å²) in [6, 6.07) is 29.4. The Morgan fingerprint density at radius 2 is 1.27 bits per heavy atom. The second-order valence-corrected chi connectivity index (χ2v) is 14.9. The van der Waals surface area contributed by atoms with Crippen molar-refractivity contribution >= 4 is 41.1 Å². The number of amides is 1. The Morgan fingerprint density at radius 3 is 1.96 bits per heavy atom.